The van der Waals surface area contributed by atoms with Crippen molar-refractivity contribution in [1.29, 1.82) is 0 Å². The van der Waals surface area contributed by atoms with E-state index in [1.54, 1.807) is 12.4 Å². The minimum atomic E-state index is 0.168. The van der Waals surface area contributed by atoms with E-state index in [1.165, 1.54) is 0 Å². The molecule has 1 aliphatic rings. The van der Waals surface area contributed by atoms with Crippen molar-refractivity contribution in [2.75, 3.05) is 19.7 Å². The topological polar surface area (TPSA) is 55.3 Å². The van der Waals surface area contributed by atoms with Gasteiger partial charge in [0.1, 0.15) is 0 Å². The number of amides is 1. The maximum absolute atomic E-state index is 12.5. The normalized spacial score (nSPS) is 17.5. The quantitative estimate of drug-likeness (QED) is 0.848. The van der Waals surface area contributed by atoms with Crippen LogP contribution in [-0.2, 0) is 11.2 Å². The predicted molar refractivity (Wildman–Crippen MR) is 91.7 cm³/mol. The van der Waals surface area contributed by atoms with E-state index < -0.39 is 0 Å². The van der Waals surface area contributed by atoms with Crippen LogP contribution in [0.15, 0.2) is 42.7 Å². The highest BCUT2D eigenvalue weighted by molar-refractivity contribution is 5.78. The molecule has 0 spiro atoms. The summed E-state index contributed by atoms with van der Waals surface area (Å²) in [5.41, 5.74) is 1.91. The van der Waals surface area contributed by atoms with E-state index in [1.807, 2.05) is 42.2 Å². The molecule has 5 heteroatoms. The molecule has 2 aromatic rings. The Hall–Kier alpha value is -2.43. The lowest BCUT2D eigenvalue weighted by Gasteiger charge is -2.32. The summed E-state index contributed by atoms with van der Waals surface area (Å²) in [4.78, 5) is 22.9. The van der Waals surface area contributed by atoms with E-state index in [2.05, 4.69) is 9.97 Å². The number of pyridine rings is 2. The van der Waals surface area contributed by atoms with Gasteiger partial charge in [0, 0.05) is 43.2 Å². The van der Waals surface area contributed by atoms with Gasteiger partial charge in [-0.15, -0.1) is 0 Å². The van der Waals surface area contributed by atoms with Crippen LogP contribution in [0.4, 0.5) is 0 Å². The van der Waals surface area contributed by atoms with Gasteiger partial charge in [-0.25, -0.2) is 4.98 Å². The second-order valence-electron chi connectivity index (χ2n) is 6.31. The van der Waals surface area contributed by atoms with Crippen molar-refractivity contribution < 1.29 is 9.53 Å². The number of hydrogen-bond acceptors (Lipinski definition) is 4. The largest absolute Gasteiger partial charge is 0.477 e. The fourth-order valence-electron chi connectivity index (χ4n) is 3.02. The van der Waals surface area contributed by atoms with Crippen molar-refractivity contribution >= 4 is 5.91 Å². The van der Waals surface area contributed by atoms with E-state index in [0.29, 0.717) is 24.8 Å². The number of ether oxygens (including phenoxy) is 1. The van der Waals surface area contributed by atoms with Gasteiger partial charge in [-0.05, 0) is 37.5 Å². The summed E-state index contributed by atoms with van der Waals surface area (Å²) in [7, 11) is 0. The molecule has 0 saturated carbocycles. The molecule has 3 heterocycles. The number of rotatable bonds is 5. The van der Waals surface area contributed by atoms with Crippen LogP contribution >= 0.6 is 0 Å². The van der Waals surface area contributed by atoms with Crippen LogP contribution in [0.2, 0.25) is 0 Å². The second-order valence-corrected chi connectivity index (χ2v) is 6.31. The van der Waals surface area contributed by atoms with Gasteiger partial charge in [-0.2, -0.15) is 0 Å². The number of likely N-dealkylation sites (tertiary alicyclic amines) is 1. The molecule has 24 heavy (non-hydrogen) atoms. The molecule has 0 bridgehead atoms. The van der Waals surface area contributed by atoms with Crippen LogP contribution in [0.25, 0.3) is 0 Å². The van der Waals surface area contributed by atoms with Crippen molar-refractivity contribution in [3.8, 4) is 5.88 Å². The molecule has 2 aromatic heterocycles. The number of carbonyl (C=O) groups is 1. The van der Waals surface area contributed by atoms with Crippen molar-refractivity contribution in [2.24, 2.45) is 5.92 Å². The maximum Gasteiger partial charge on any atom is 0.227 e. The Balaban J connectivity index is 1.51. The van der Waals surface area contributed by atoms with Crippen LogP contribution < -0.4 is 4.74 Å². The van der Waals surface area contributed by atoms with E-state index >= 15 is 0 Å². The fraction of sp³-hybridized carbons (Fsp3) is 0.421. The zero-order valence-corrected chi connectivity index (χ0v) is 14.0. The second kappa shape index (κ2) is 7.90. The number of nitrogens with zero attached hydrogens (tertiary/aromatic N) is 3. The molecule has 0 radical (unpaired) electrons. The van der Waals surface area contributed by atoms with Crippen molar-refractivity contribution in [2.45, 2.75) is 26.2 Å². The lowest BCUT2D eigenvalue weighted by molar-refractivity contribution is -0.132. The fourth-order valence-corrected chi connectivity index (χ4v) is 3.02. The monoisotopic (exact) mass is 325 g/mol. The molecule has 126 valence electrons. The molecule has 1 amide bonds. The van der Waals surface area contributed by atoms with Gasteiger partial charge < -0.3 is 9.64 Å². The molecule has 3 rings (SSSR count). The Labute approximate surface area is 142 Å². The molecular formula is C19H23N3O2. The number of aromatic nitrogens is 2. The average molecular weight is 325 g/mol. The van der Waals surface area contributed by atoms with E-state index in [-0.39, 0.29) is 5.91 Å². The molecule has 1 aliphatic heterocycles. The zero-order valence-electron chi connectivity index (χ0n) is 14.0. The number of aryl methyl sites for hydroxylation is 1. The van der Waals surface area contributed by atoms with Gasteiger partial charge in [0.05, 0.1) is 13.0 Å². The standard InChI is InChI=1S/C19H23N3O2/c1-15-5-2-8-18(21-15)24-14-17-7-4-10-22(13-17)19(23)11-16-6-3-9-20-12-16/h2-3,5-6,8-9,12,17H,4,7,10-11,13-14H2,1H3. The predicted octanol–water partition coefficient (Wildman–Crippen LogP) is 2.65. The summed E-state index contributed by atoms with van der Waals surface area (Å²) >= 11 is 0. The summed E-state index contributed by atoms with van der Waals surface area (Å²) in [6.45, 7) is 4.14. The van der Waals surface area contributed by atoms with Crippen LogP contribution in [0.5, 0.6) is 5.88 Å². The van der Waals surface area contributed by atoms with E-state index in [0.717, 1.165) is 37.2 Å². The Morgan fingerprint density at radius 3 is 3.04 bits per heavy atom. The molecule has 1 atom stereocenters. The van der Waals surface area contributed by atoms with Crippen molar-refractivity contribution in [3.63, 3.8) is 0 Å². The molecule has 0 aliphatic carbocycles. The summed E-state index contributed by atoms with van der Waals surface area (Å²) in [6, 6.07) is 9.58. The Morgan fingerprint density at radius 1 is 1.33 bits per heavy atom. The highest BCUT2D eigenvalue weighted by Gasteiger charge is 2.24. The molecule has 1 saturated heterocycles. The molecule has 1 fully saturated rings. The highest BCUT2D eigenvalue weighted by Crippen LogP contribution is 2.19. The number of hydrogen-bond donors (Lipinski definition) is 0. The summed E-state index contributed by atoms with van der Waals surface area (Å²) in [6.07, 6.45) is 6.00. The van der Waals surface area contributed by atoms with Gasteiger partial charge in [-0.1, -0.05) is 12.1 Å². The molecule has 0 aromatic carbocycles. The van der Waals surface area contributed by atoms with Gasteiger partial charge >= 0.3 is 0 Å². The first kappa shape index (κ1) is 16.4. The van der Waals surface area contributed by atoms with Crippen LogP contribution in [0.1, 0.15) is 24.1 Å². The Morgan fingerprint density at radius 2 is 2.25 bits per heavy atom. The van der Waals surface area contributed by atoms with Crippen LogP contribution in [-0.4, -0.2) is 40.5 Å². The van der Waals surface area contributed by atoms with Crippen LogP contribution in [0, 0.1) is 12.8 Å². The van der Waals surface area contributed by atoms with Gasteiger partial charge in [0.15, 0.2) is 0 Å². The van der Waals surface area contributed by atoms with E-state index in [9.17, 15) is 4.79 Å². The number of carbonyl (C=O) groups excluding carboxylic acids is 1. The highest BCUT2D eigenvalue weighted by atomic mass is 16.5. The summed E-state index contributed by atoms with van der Waals surface area (Å²) in [5, 5.41) is 0. The first-order valence-corrected chi connectivity index (χ1v) is 8.44. The van der Waals surface area contributed by atoms with E-state index in [4.69, 9.17) is 4.74 Å². The average Bonchev–Trinajstić information content (AvgIpc) is 2.61. The minimum absolute atomic E-state index is 0.168. The molecule has 1 unspecified atom stereocenters. The Kier molecular flexibility index (Phi) is 5.41. The third kappa shape index (κ3) is 4.54. The molecular weight excluding hydrogens is 302 g/mol. The maximum atomic E-state index is 12.5. The van der Waals surface area contributed by atoms with Crippen molar-refractivity contribution in [1.82, 2.24) is 14.9 Å². The summed E-state index contributed by atoms with van der Waals surface area (Å²) < 4.78 is 5.81. The van der Waals surface area contributed by atoms with Gasteiger partial charge in [0.2, 0.25) is 11.8 Å². The van der Waals surface area contributed by atoms with Crippen LogP contribution in [0.3, 0.4) is 0 Å². The lowest BCUT2D eigenvalue weighted by atomic mass is 9.98. The number of piperidine rings is 1. The molecule has 5 nitrogen and oxygen atoms in total. The SMILES string of the molecule is Cc1cccc(OCC2CCCN(C(=O)Cc3cccnc3)C2)n1. The van der Waals surface area contributed by atoms with Crippen molar-refractivity contribution in [3.05, 3.63) is 54.0 Å². The third-order valence-corrected chi connectivity index (χ3v) is 4.28. The first-order chi connectivity index (χ1) is 11.7. The zero-order chi connectivity index (χ0) is 16.8. The summed E-state index contributed by atoms with van der Waals surface area (Å²) in [5.74, 6) is 1.19. The minimum Gasteiger partial charge on any atom is -0.477 e. The Bertz CT molecular complexity index is 675. The third-order valence-electron chi connectivity index (χ3n) is 4.28. The van der Waals surface area contributed by atoms with Gasteiger partial charge in [0.25, 0.3) is 0 Å². The lowest BCUT2D eigenvalue weighted by Crippen LogP contribution is -2.42. The van der Waals surface area contributed by atoms with Gasteiger partial charge in [-0.3, -0.25) is 9.78 Å². The first-order valence-electron chi connectivity index (χ1n) is 8.44. The molecule has 0 N–H and O–H groups in total. The smallest absolute Gasteiger partial charge is 0.227 e.